The molecule has 2 N–H and O–H groups in total. The Morgan fingerprint density at radius 2 is 1.82 bits per heavy atom. The number of rotatable bonds is 5. The molecule has 0 bridgehead atoms. The molecular formula is C23H30ClN3O. The molecular weight excluding hydrogens is 370 g/mol. The molecule has 28 heavy (non-hydrogen) atoms. The summed E-state index contributed by atoms with van der Waals surface area (Å²) in [6.07, 6.45) is 2.33. The van der Waals surface area contributed by atoms with Gasteiger partial charge in [-0.3, -0.25) is 9.69 Å². The van der Waals surface area contributed by atoms with Gasteiger partial charge < -0.3 is 10.6 Å². The van der Waals surface area contributed by atoms with Crippen LogP contribution in [-0.2, 0) is 6.54 Å². The monoisotopic (exact) mass is 399 g/mol. The highest BCUT2D eigenvalue weighted by Gasteiger charge is 2.26. The van der Waals surface area contributed by atoms with Crippen LogP contribution in [0.25, 0.3) is 0 Å². The van der Waals surface area contributed by atoms with Crippen molar-refractivity contribution in [1.29, 1.82) is 0 Å². The van der Waals surface area contributed by atoms with Crippen molar-refractivity contribution in [3.63, 3.8) is 0 Å². The third-order valence-electron chi connectivity index (χ3n) is 5.34. The van der Waals surface area contributed by atoms with Gasteiger partial charge in [0.15, 0.2) is 0 Å². The highest BCUT2D eigenvalue weighted by molar-refractivity contribution is 6.34. The molecule has 1 amide bonds. The third kappa shape index (κ3) is 5.57. The van der Waals surface area contributed by atoms with Crippen LogP contribution in [0.15, 0.2) is 48.5 Å². The fourth-order valence-corrected chi connectivity index (χ4v) is 3.84. The van der Waals surface area contributed by atoms with Crippen molar-refractivity contribution in [3.8, 4) is 0 Å². The van der Waals surface area contributed by atoms with Crippen molar-refractivity contribution in [1.82, 2.24) is 10.2 Å². The standard InChI is InChI=1S/C23H30ClN3O/c1-23(2,3)27-13-11-18(12-14-27)25-16-17-7-6-8-19(15-17)26-22(28)20-9-4-5-10-21(20)24/h4-10,15,18,25H,11-14,16H2,1-3H3,(H,26,28). The maximum absolute atomic E-state index is 12.4. The van der Waals surface area contributed by atoms with E-state index in [1.54, 1.807) is 12.1 Å². The average molecular weight is 400 g/mol. The predicted octanol–water partition coefficient (Wildman–Crippen LogP) is 4.94. The average Bonchev–Trinajstić information content (AvgIpc) is 2.66. The number of likely N-dealkylation sites (tertiary alicyclic amines) is 1. The smallest absolute Gasteiger partial charge is 0.257 e. The number of halogens is 1. The van der Waals surface area contributed by atoms with Gasteiger partial charge in [0.25, 0.3) is 5.91 Å². The molecule has 4 nitrogen and oxygen atoms in total. The molecule has 2 aromatic carbocycles. The first kappa shape index (κ1) is 20.8. The van der Waals surface area contributed by atoms with Crippen molar-refractivity contribution < 1.29 is 4.79 Å². The molecule has 0 radical (unpaired) electrons. The van der Waals surface area contributed by atoms with Gasteiger partial charge in [-0.1, -0.05) is 35.9 Å². The van der Waals surface area contributed by atoms with Crippen molar-refractivity contribution >= 4 is 23.2 Å². The van der Waals surface area contributed by atoms with Crippen molar-refractivity contribution in [2.75, 3.05) is 18.4 Å². The number of benzene rings is 2. The molecule has 0 aromatic heterocycles. The van der Waals surface area contributed by atoms with Crippen LogP contribution < -0.4 is 10.6 Å². The molecule has 1 fully saturated rings. The van der Waals surface area contributed by atoms with E-state index in [-0.39, 0.29) is 11.4 Å². The van der Waals surface area contributed by atoms with Gasteiger partial charge in [0, 0.05) is 36.9 Å². The summed E-state index contributed by atoms with van der Waals surface area (Å²) in [5.74, 6) is -0.190. The van der Waals surface area contributed by atoms with E-state index in [4.69, 9.17) is 11.6 Å². The Labute approximate surface area is 173 Å². The molecule has 0 aliphatic carbocycles. The molecule has 150 valence electrons. The summed E-state index contributed by atoms with van der Waals surface area (Å²) < 4.78 is 0. The number of nitrogens with one attached hydrogen (secondary N) is 2. The van der Waals surface area contributed by atoms with Crippen LogP contribution in [0.1, 0.15) is 49.5 Å². The van der Waals surface area contributed by atoms with E-state index in [1.807, 2.05) is 30.3 Å². The van der Waals surface area contributed by atoms with Crippen LogP contribution in [0.2, 0.25) is 5.02 Å². The third-order valence-corrected chi connectivity index (χ3v) is 5.67. The zero-order valence-electron chi connectivity index (χ0n) is 17.0. The molecule has 0 unspecified atom stereocenters. The number of carbonyl (C=O) groups excluding carboxylic acids is 1. The number of nitrogens with zero attached hydrogens (tertiary/aromatic N) is 1. The summed E-state index contributed by atoms with van der Waals surface area (Å²) >= 11 is 6.12. The molecule has 1 aliphatic rings. The quantitative estimate of drug-likeness (QED) is 0.748. The van der Waals surface area contributed by atoms with Gasteiger partial charge in [-0.05, 0) is 63.4 Å². The largest absolute Gasteiger partial charge is 0.322 e. The maximum atomic E-state index is 12.4. The fourth-order valence-electron chi connectivity index (χ4n) is 3.62. The minimum atomic E-state index is -0.190. The summed E-state index contributed by atoms with van der Waals surface area (Å²) in [6.45, 7) is 9.91. The maximum Gasteiger partial charge on any atom is 0.257 e. The lowest BCUT2D eigenvalue weighted by Crippen LogP contribution is -2.49. The minimum Gasteiger partial charge on any atom is -0.322 e. The van der Waals surface area contributed by atoms with Crippen molar-refractivity contribution in [3.05, 3.63) is 64.7 Å². The summed E-state index contributed by atoms with van der Waals surface area (Å²) in [5, 5.41) is 7.07. The lowest BCUT2D eigenvalue weighted by atomic mass is 9.98. The summed E-state index contributed by atoms with van der Waals surface area (Å²) in [7, 11) is 0. The topological polar surface area (TPSA) is 44.4 Å². The van der Waals surface area contributed by atoms with E-state index in [2.05, 4.69) is 42.4 Å². The number of amides is 1. The summed E-state index contributed by atoms with van der Waals surface area (Å²) in [6, 6.07) is 15.6. The Morgan fingerprint density at radius 1 is 1.11 bits per heavy atom. The van der Waals surface area contributed by atoms with E-state index in [0.29, 0.717) is 16.6 Å². The summed E-state index contributed by atoms with van der Waals surface area (Å²) in [5.41, 5.74) is 2.68. The molecule has 1 heterocycles. The number of hydrogen-bond acceptors (Lipinski definition) is 3. The molecule has 0 atom stereocenters. The van der Waals surface area contributed by atoms with Gasteiger partial charge in [0.05, 0.1) is 10.6 Å². The number of piperidine rings is 1. The lowest BCUT2D eigenvalue weighted by molar-refractivity contribution is 0.0960. The van der Waals surface area contributed by atoms with Gasteiger partial charge >= 0.3 is 0 Å². The second-order valence-electron chi connectivity index (χ2n) is 8.45. The van der Waals surface area contributed by atoms with Gasteiger partial charge in [0.1, 0.15) is 0 Å². The highest BCUT2D eigenvalue weighted by atomic mass is 35.5. The fraction of sp³-hybridized carbons (Fsp3) is 0.435. The van der Waals surface area contributed by atoms with E-state index < -0.39 is 0 Å². The summed E-state index contributed by atoms with van der Waals surface area (Å²) in [4.78, 5) is 15.0. The van der Waals surface area contributed by atoms with Crippen LogP contribution in [0.3, 0.4) is 0 Å². The van der Waals surface area contributed by atoms with E-state index in [9.17, 15) is 4.79 Å². The van der Waals surface area contributed by atoms with Gasteiger partial charge in [-0.25, -0.2) is 0 Å². The Morgan fingerprint density at radius 3 is 2.50 bits per heavy atom. The Bertz CT molecular complexity index is 807. The van der Waals surface area contributed by atoms with E-state index >= 15 is 0 Å². The van der Waals surface area contributed by atoms with E-state index in [0.717, 1.165) is 30.9 Å². The Hall–Kier alpha value is -1.88. The highest BCUT2D eigenvalue weighted by Crippen LogP contribution is 2.21. The molecule has 1 aliphatic heterocycles. The SMILES string of the molecule is CC(C)(C)N1CCC(NCc2cccc(NC(=O)c3ccccc3Cl)c2)CC1. The van der Waals surface area contributed by atoms with Crippen LogP contribution in [0.5, 0.6) is 0 Å². The number of carbonyl (C=O) groups is 1. The zero-order chi connectivity index (χ0) is 20.1. The van der Waals surface area contributed by atoms with E-state index in [1.165, 1.54) is 12.8 Å². The Balaban J connectivity index is 1.53. The van der Waals surface area contributed by atoms with Crippen molar-refractivity contribution in [2.24, 2.45) is 0 Å². The first-order chi connectivity index (χ1) is 13.3. The molecule has 2 aromatic rings. The first-order valence-electron chi connectivity index (χ1n) is 9.96. The molecule has 1 saturated heterocycles. The first-order valence-corrected chi connectivity index (χ1v) is 10.3. The zero-order valence-corrected chi connectivity index (χ0v) is 17.7. The van der Waals surface area contributed by atoms with Crippen molar-refractivity contribution in [2.45, 2.75) is 51.7 Å². The molecule has 0 spiro atoms. The molecule has 3 rings (SSSR count). The number of hydrogen-bond donors (Lipinski definition) is 2. The number of anilines is 1. The molecule has 0 saturated carbocycles. The normalized spacial score (nSPS) is 16.1. The Kier molecular flexibility index (Phi) is 6.76. The predicted molar refractivity (Wildman–Crippen MR) is 117 cm³/mol. The lowest BCUT2D eigenvalue weighted by Gasteiger charge is -2.41. The van der Waals surface area contributed by atoms with Gasteiger partial charge in [0.2, 0.25) is 0 Å². The van der Waals surface area contributed by atoms with Crippen LogP contribution in [-0.4, -0.2) is 35.5 Å². The van der Waals surface area contributed by atoms with Crippen LogP contribution in [0, 0.1) is 0 Å². The van der Waals surface area contributed by atoms with Gasteiger partial charge in [-0.15, -0.1) is 0 Å². The van der Waals surface area contributed by atoms with Crippen LogP contribution >= 0.6 is 11.6 Å². The van der Waals surface area contributed by atoms with Gasteiger partial charge in [-0.2, -0.15) is 0 Å². The second-order valence-corrected chi connectivity index (χ2v) is 8.85. The second kappa shape index (κ2) is 9.08. The van der Waals surface area contributed by atoms with Crippen LogP contribution in [0.4, 0.5) is 5.69 Å². The molecule has 5 heteroatoms. The minimum absolute atomic E-state index is 0.190.